The van der Waals surface area contributed by atoms with Gasteiger partial charge in [0, 0.05) is 22.7 Å². The van der Waals surface area contributed by atoms with E-state index >= 15 is 0 Å². The van der Waals surface area contributed by atoms with Crippen LogP contribution in [-0.4, -0.2) is 43.3 Å². The van der Waals surface area contributed by atoms with E-state index < -0.39 is 9.84 Å². The van der Waals surface area contributed by atoms with E-state index in [9.17, 15) is 13.2 Å². The first-order valence-corrected chi connectivity index (χ1v) is 9.02. The summed E-state index contributed by atoms with van der Waals surface area (Å²) in [5.41, 5.74) is 6.69. The van der Waals surface area contributed by atoms with Crippen molar-refractivity contribution in [1.29, 1.82) is 0 Å². The van der Waals surface area contributed by atoms with Gasteiger partial charge in [0.05, 0.1) is 17.1 Å². The van der Waals surface area contributed by atoms with Crippen LogP contribution in [-0.2, 0) is 9.84 Å². The number of sulfone groups is 1. The molecule has 1 amide bonds. The lowest BCUT2D eigenvalue weighted by Gasteiger charge is -2.27. The molecule has 1 unspecified atom stereocenters. The van der Waals surface area contributed by atoms with Crippen LogP contribution in [0.5, 0.6) is 0 Å². The van der Waals surface area contributed by atoms with Crippen LogP contribution in [0.25, 0.3) is 0 Å². The molecule has 110 valence electrons. The fourth-order valence-electron chi connectivity index (χ4n) is 2.45. The van der Waals surface area contributed by atoms with Crippen LogP contribution in [0.1, 0.15) is 23.7 Å². The van der Waals surface area contributed by atoms with Gasteiger partial charge in [-0.05, 0) is 47.5 Å². The Morgan fingerprint density at radius 3 is 2.75 bits per heavy atom. The van der Waals surface area contributed by atoms with Crippen molar-refractivity contribution in [2.45, 2.75) is 19.4 Å². The Hall–Kier alpha value is -1.08. The summed E-state index contributed by atoms with van der Waals surface area (Å²) >= 11 is 3.34. The van der Waals surface area contributed by atoms with Crippen LogP contribution in [0.4, 0.5) is 5.69 Å². The average molecular weight is 361 g/mol. The molecule has 1 aromatic rings. The van der Waals surface area contributed by atoms with Crippen molar-refractivity contribution < 1.29 is 13.2 Å². The lowest BCUT2D eigenvalue weighted by Crippen LogP contribution is -2.41. The molecule has 1 atom stereocenters. The number of nitrogens with zero attached hydrogens (tertiary/aromatic N) is 1. The summed E-state index contributed by atoms with van der Waals surface area (Å²) in [5, 5.41) is 0. The van der Waals surface area contributed by atoms with E-state index in [1.54, 1.807) is 23.1 Å². The van der Waals surface area contributed by atoms with Crippen molar-refractivity contribution in [3.05, 3.63) is 28.2 Å². The summed E-state index contributed by atoms with van der Waals surface area (Å²) in [6, 6.07) is 4.79. The number of anilines is 1. The molecule has 1 heterocycles. The van der Waals surface area contributed by atoms with Crippen molar-refractivity contribution in [2.24, 2.45) is 0 Å². The Kier molecular flexibility index (Phi) is 4.39. The number of nitrogen functional groups attached to an aromatic ring is 1. The van der Waals surface area contributed by atoms with Crippen LogP contribution in [0.15, 0.2) is 22.7 Å². The number of carbonyl (C=O) groups is 1. The van der Waals surface area contributed by atoms with Gasteiger partial charge in [0.15, 0.2) is 9.84 Å². The highest BCUT2D eigenvalue weighted by molar-refractivity contribution is 9.10. The highest BCUT2D eigenvalue weighted by Crippen LogP contribution is 2.25. The second-order valence-corrected chi connectivity index (χ2v) is 7.97. The Morgan fingerprint density at radius 2 is 2.20 bits per heavy atom. The maximum Gasteiger partial charge on any atom is 0.255 e. The van der Waals surface area contributed by atoms with Gasteiger partial charge < -0.3 is 10.6 Å². The molecule has 1 aromatic carbocycles. The monoisotopic (exact) mass is 360 g/mol. The van der Waals surface area contributed by atoms with Gasteiger partial charge in [-0.15, -0.1) is 0 Å². The minimum atomic E-state index is -3.01. The fraction of sp³-hybridized carbons (Fsp3) is 0.462. The van der Waals surface area contributed by atoms with E-state index in [0.717, 1.165) is 0 Å². The van der Waals surface area contributed by atoms with Gasteiger partial charge in [-0.1, -0.05) is 0 Å². The van der Waals surface area contributed by atoms with Gasteiger partial charge in [-0.2, -0.15) is 0 Å². The number of benzene rings is 1. The molecule has 1 aliphatic rings. The number of carbonyl (C=O) groups excluding carboxylic acids is 1. The fourth-order valence-corrected chi connectivity index (χ4v) is 4.60. The van der Waals surface area contributed by atoms with Crippen molar-refractivity contribution in [3.63, 3.8) is 0 Å². The molecule has 0 aromatic heterocycles. The summed E-state index contributed by atoms with van der Waals surface area (Å²) in [7, 11) is -3.01. The quantitative estimate of drug-likeness (QED) is 0.831. The van der Waals surface area contributed by atoms with Crippen molar-refractivity contribution in [3.8, 4) is 0 Å². The summed E-state index contributed by atoms with van der Waals surface area (Å²) in [6.07, 6.45) is 0.502. The van der Waals surface area contributed by atoms with Gasteiger partial charge >= 0.3 is 0 Å². The first-order valence-electron chi connectivity index (χ1n) is 6.40. The van der Waals surface area contributed by atoms with Crippen molar-refractivity contribution >= 4 is 37.4 Å². The highest BCUT2D eigenvalue weighted by atomic mass is 79.9. The Labute approximate surface area is 127 Å². The first kappa shape index (κ1) is 15.3. The number of hydrogen-bond donors (Lipinski definition) is 1. The van der Waals surface area contributed by atoms with E-state index in [-0.39, 0.29) is 23.5 Å². The van der Waals surface area contributed by atoms with Crippen LogP contribution in [0.3, 0.4) is 0 Å². The van der Waals surface area contributed by atoms with E-state index in [1.165, 1.54) is 0 Å². The number of hydrogen-bond acceptors (Lipinski definition) is 4. The summed E-state index contributed by atoms with van der Waals surface area (Å²) in [5.74, 6) is 0.0141. The van der Waals surface area contributed by atoms with Crippen molar-refractivity contribution in [2.75, 3.05) is 23.8 Å². The predicted molar refractivity (Wildman–Crippen MR) is 82.3 cm³/mol. The second kappa shape index (κ2) is 5.73. The third kappa shape index (κ3) is 3.15. The Bertz CT molecular complexity index is 631. The molecule has 1 saturated heterocycles. The van der Waals surface area contributed by atoms with E-state index in [2.05, 4.69) is 15.9 Å². The Morgan fingerprint density at radius 1 is 1.50 bits per heavy atom. The molecular formula is C13H17BrN2O3S. The number of rotatable bonds is 3. The standard InChI is InChI=1S/C13H17BrN2O3S/c1-2-16(10-5-6-20(18,19)8-10)13(17)11-7-9(15)3-4-12(11)14/h3-4,7,10H,2,5-6,8,15H2,1H3. The van der Waals surface area contributed by atoms with E-state index in [0.29, 0.717) is 28.7 Å². The van der Waals surface area contributed by atoms with Crippen molar-refractivity contribution in [1.82, 2.24) is 4.90 Å². The molecule has 20 heavy (non-hydrogen) atoms. The molecule has 0 spiro atoms. The van der Waals surface area contributed by atoms with E-state index in [4.69, 9.17) is 5.73 Å². The average Bonchev–Trinajstić information content (AvgIpc) is 2.73. The minimum absolute atomic E-state index is 0.0481. The molecule has 5 nitrogen and oxygen atoms in total. The normalized spacial score (nSPS) is 20.8. The molecule has 0 aliphatic carbocycles. The SMILES string of the molecule is CCN(C(=O)c1cc(N)ccc1Br)C1CCS(=O)(=O)C1. The van der Waals surface area contributed by atoms with Crippen LogP contribution in [0.2, 0.25) is 0 Å². The van der Waals surface area contributed by atoms with Gasteiger partial charge in [0.1, 0.15) is 0 Å². The smallest absolute Gasteiger partial charge is 0.255 e. The predicted octanol–water partition coefficient (Wildman–Crippen LogP) is 1.68. The van der Waals surface area contributed by atoms with Gasteiger partial charge in [0.25, 0.3) is 5.91 Å². The third-order valence-electron chi connectivity index (χ3n) is 3.47. The van der Waals surface area contributed by atoms with Gasteiger partial charge in [-0.3, -0.25) is 4.79 Å². The molecule has 0 radical (unpaired) electrons. The molecule has 2 N–H and O–H groups in total. The topological polar surface area (TPSA) is 80.5 Å². The molecule has 7 heteroatoms. The largest absolute Gasteiger partial charge is 0.399 e. The molecule has 1 aliphatic heterocycles. The summed E-state index contributed by atoms with van der Waals surface area (Å²) in [4.78, 5) is 14.2. The first-order chi connectivity index (χ1) is 9.34. The number of amides is 1. The molecule has 0 saturated carbocycles. The molecule has 0 bridgehead atoms. The lowest BCUT2D eigenvalue weighted by atomic mass is 10.1. The van der Waals surface area contributed by atoms with Crippen LogP contribution < -0.4 is 5.73 Å². The summed E-state index contributed by atoms with van der Waals surface area (Å²) < 4.78 is 23.8. The number of halogens is 1. The highest BCUT2D eigenvalue weighted by Gasteiger charge is 2.34. The van der Waals surface area contributed by atoms with Crippen LogP contribution in [0, 0.1) is 0 Å². The Balaban J connectivity index is 2.28. The zero-order chi connectivity index (χ0) is 14.9. The minimum Gasteiger partial charge on any atom is -0.399 e. The van der Waals surface area contributed by atoms with E-state index in [1.807, 2.05) is 6.92 Å². The summed E-state index contributed by atoms with van der Waals surface area (Å²) in [6.45, 7) is 2.32. The third-order valence-corrected chi connectivity index (χ3v) is 5.91. The molecule has 2 rings (SSSR count). The maximum absolute atomic E-state index is 12.6. The zero-order valence-electron chi connectivity index (χ0n) is 11.2. The maximum atomic E-state index is 12.6. The molecular weight excluding hydrogens is 344 g/mol. The molecule has 1 fully saturated rings. The van der Waals surface area contributed by atoms with Gasteiger partial charge in [-0.25, -0.2) is 8.42 Å². The van der Waals surface area contributed by atoms with Gasteiger partial charge in [0.2, 0.25) is 0 Å². The second-order valence-electron chi connectivity index (χ2n) is 4.89. The van der Waals surface area contributed by atoms with Crippen LogP contribution >= 0.6 is 15.9 Å². The zero-order valence-corrected chi connectivity index (χ0v) is 13.6. The lowest BCUT2D eigenvalue weighted by molar-refractivity contribution is 0.0707. The number of nitrogens with two attached hydrogens (primary N) is 1.